The fourth-order valence-corrected chi connectivity index (χ4v) is 1.71. The van der Waals surface area contributed by atoms with Gasteiger partial charge in [-0.25, -0.2) is 4.79 Å². The van der Waals surface area contributed by atoms with Crippen molar-refractivity contribution >= 4 is 22.0 Å². The second-order valence-electron chi connectivity index (χ2n) is 3.80. The van der Waals surface area contributed by atoms with Crippen LogP contribution in [-0.2, 0) is 0 Å². The van der Waals surface area contributed by atoms with Gasteiger partial charge in [0, 0.05) is 17.4 Å². The maximum atomic E-state index is 12.0. The zero-order chi connectivity index (χ0) is 14.1. The summed E-state index contributed by atoms with van der Waals surface area (Å²) in [6.07, 6.45) is 0.213. The molecule has 0 aromatic heterocycles. The van der Waals surface area contributed by atoms with Gasteiger partial charge in [-0.05, 0) is 19.1 Å². The Labute approximate surface area is 122 Å². The van der Waals surface area contributed by atoms with E-state index in [2.05, 4.69) is 34.3 Å². The summed E-state index contributed by atoms with van der Waals surface area (Å²) >= 11 is 3.26. The highest BCUT2D eigenvalue weighted by atomic mass is 79.9. The number of ether oxygens (including phenoxy) is 1. The highest BCUT2D eigenvalue weighted by Gasteiger charge is 2.15. The molecule has 0 saturated carbocycles. The molecule has 0 N–H and O–H groups in total. The molecule has 0 saturated heterocycles. The lowest BCUT2D eigenvalue weighted by molar-refractivity contribution is 0.158. The van der Waals surface area contributed by atoms with Crippen LogP contribution in [0.5, 0.6) is 5.75 Å². The molecule has 100 valence electrons. The van der Waals surface area contributed by atoms with E-state index in [0.29, 0.717) is 25.3 Å². The quantitative estimate of drug-likeness (QED) is 0.772. The number of benzene rings is 1. The minimum atomic E-state index is -0.398. The highest BCUT2D eigenvalue weighted by molar-refractivity contribution is 9.11. The van der Waals surface area contributed by atoms with E-state index in [1.54, 1.807) is 24.0 Å². The summed E-state index contributed by atoms with van der Waals surface area (Å²) in [5.41, 5.74) is 0. The smallest absolute Gasteiger partial charge is 0.410 e. The van der Waals surface area contributed by atoms with E-state index in [9.17, 15) is 4.79 Å². The summed E-state index contributed by atoms with van der Waals surface area (Å²) < 4.78 is 6.01. The third kappa shape index (κ3) is 6.12. The van der Waals surface area contributed by atoms with E-state index in [0.717, 1.165) is 4.48 Å². The zero-order valence-electron chi connectivity index (χ0n) is 10.9. The second kappa shape index (κ2) is 8.39. The first kappa shape index (κ1) is 15.3. The van der Waals surface area contributed by atoms with Gasteiger partial charge in [0.1, 0.15) is 5.75 Å². The van der Waals surface area contributed by atoms with E-state index in [4.69, 9.17) is 4.74 Å². The number of halogens is 1. The molecule has 0 aliphatic rings. The predicted molar refractivity (Wildman–Crippen MR) is 80.2 cm³/mol. The monoisotopic (exact) mass is 321 g/mol. The lowest BCUT2D eigenvalue weighted by Gasteiger charge is -2.20. The molecule has 1 aromatic carbocycles. The molecule has 1 rings (SSSR count). The average molecular weight is 322 g/mol. The van der Waals surface area contributed by atoms with E-state index >= 15 is 0 Å². The summed E-state index contributed by atoms with van der Waals surface area (Å²) in [4.78, 5) is 13.6. The Balaban J connectivity index is 2.64. The van der Waals surface area contributed by atoms with Crippen molar-refractivity contribution in [2.45, 2.75) is 13.3 Å². The molecule has 0 unspecified atom stereocenters. The molecule has 1 aromatic rings. The number of carbonyl (C=O) groups excluding carboxylic acids is 1. The van der Waals surface area contributed by atoms with Crippen molar-refractivity contribution in [2.75, 3.05) is 13.1 Å². The predicted octanol–water partition coefficient (Wildman–Crippen LogP) is 3.81. The number of rotatable bonds is 5. The van der Waals surface area contributed by atoms with Gasteiger partial charge in [-0.2, -0.15) is 0 Å². The topological polar surface area (TPSA) is 29.5 Å². The van der Waals surface area contributed by atoms with Gasteiger partial charge in [0.25, 0.3) is 0 Å². The van der Waals surface area contributed by atoms with Gasteiger partial charge < -0.3 is 9.64 Å². The summed E-state index contributed by atoms with van der Waals surface area (Å²) in [6, 6.07) is 8.99. The molecular weight excluding hydrogens is 306 g/mol. The Hall–Kier alpha value is -1.73. The molecule has 0 aliphatic carbocycles. The van der Waals surface area contributed by atoms with Crippen LogP contribution >= 0.6 is 15.9 Å². The normalized spacial score (nSPS) is 9.16. The molecule has 0 aliphatic heterocycles. The standard InChI is InChI=1S/C15H16BrNO2/c1-3-4-8-11-17(12-13(2)16)15(18)19-14-9-6-5-7-10-14/h5-7,9-10H,2,8,11-12H2,1H3. The third-order valence-corrected chi connectivity index (χ3v) is 2.50. The molecule has 3 nitrogen and oxygen atoms in total. The summed E-state index contributed by atoms with van der Waals surface area (Å²) in [7, 11) is 0. The van der Waals surface area contributed by atoms with Gasteiger partial charge in [-0.3, -0.25) is 0 Å². The molecular formula is C15H16BrNO2. The molecule has 0 atom stereocenters. The van der Waals surface area contributed by atoms with Crippen molar-refractivity contribution in [1.82, 2.24) is 4.90 Å². The highest BCUT2D eigenvalue weighted by Crippen LogP contribution is 2.12. The van der Waals surface area contributed by atoms with Crippen LogP contribution < -0.4 is 4.74 Å². The minimum Gasteiger partial charge on any atom is -0.410 e. The van der Waals surface area contributed by atoms with E-state index in [1.807, 2.05) is 18.2 Å². The first-order chi connectivity index (χ1) is 9.13. The Kier molecular flexibility index (Phi) is 6.76. The number of amides is 1. The number of nitrogens with zero attached hydrogens (tertiary/aromatic N) is 1. The van der Waals surface area contributed by atoms with Crippen LogP contribution in [0.2, 0.25) is 0 Å². The first-order valence-corrected chi connectivity index (χ1v) is 6.67. The van der Waals surface area contributed by atoms with E-state index in [-0.39, 0.29) is 0 Å². The molecule has 1 amide bonds. The maximum Gasteiger partial charge on any atom is 0.415 e. The minimum absolute atomic E-state index is 0.398. The Bertz CT molecular complexity index is 488. The molecule has 4 heteroatoms. The largest absolute Gasteiger partial charge is 0.415 e. The summed E-state index contributed by atoms with van der Waals surface area (Å²) in [6.45, 7) is 6.43. The van der Waals surface area contributed by atoms with Crippen LogP contribution in [0.4, 0.5) is 4.79 Å². The van der Waals surface area contributed by atoms with Gasteiger partial charge in [0.15, 0.2) is 0 Å². The summed E-state index contributed by atoms with van der Waals surface area (Å²) in [5.74, 6) is 6.26. The van der Waals surface area contributed by atoms with Crippen LogP contribution in [-0.4, -0.2) is 24.1 Å². The van der Waals surface area contributed by atoms with E-state index in [1.165, 1.54) is 0 Å². The van der Waals surface area contributed by atoms with Crippen molar-refractivity contribution in [1.29, 1.82) is 0 Å². The Morgan fingerprint density at radius 1 is 1.42 bits per heavy atom. The first-order valence-electron chi connectivity index (χ1n) is 5.88. The molecule has 0 spiro atoms. The Morgan fingerprint density at radius 2 is 2.11 bits per heavy atom. The van der Waals surface area contributed by atoms with Gasteiger partial charge in [-0.1, -0.05) is 40.7 Å². The van der Waals surface area contributed by atoms with Crippen molar-refractivity contribution in [3.8, 4) is 17.6 Å². The van der Waals surface area contributed by atoms with Gasteiger partial charge in [0.2, 0.25) is 0 Å². The lowest BCUT2D eigenvalue weighted by Crippen LogP contribution is -2.35. The van der Waals surface area contributed by atoms with Crippen LogP contribution in [0.15, 0.2) is 41.4 Å². The van der Waals surface area contributed by atoms with Crippen LogP contribution in [0.25, 0.3) is 0 Å². The van der Waals surface area contributed by atoms with Gasteiger partial charge in [0.05, 0.1) is 6.54 Å². The lowest BCUT2D eigenvalue weighted by atomic mass is 10.3. The SMILES string of the molecule is C=C(Br)CN(CCC#CC)C(=O)Oc1ccccc1. The molecule has 0 radical (unpaired) electrons. The molecule has 0 heterocycles. The zero-order valence-corrected chi connectivity index (χ0v) is 12.4. The number of hydrogen-bond acceptors (Lipinski definition) is 2. The van der Waals surface area contributed by atoms with Crippen LogP contribution in [0.1, 0.15) is 13.3 Å². The average Bonchev–Trinajstić information content (AvgIpc) is 2.38. The molecule has 0 bridgehead atoms. The van der Waals surface area contributed by atoms with E-state index < -0.39 is 6.09 Å². The summed E-state index contributed by atoms with van der Waals surface area (Å²) in [5, 5.41) is 0. The third-order valence-electron chi connectivity index (χ3n) is 2.25. The molecule has 0 fully saturated rings. The number of hydrogen-bond donors (Lipinski definition) is 0. The van der Waals surface area contributed by atoms with Gasteiger partial charge >= 0.3 is 6.09 Å². The maximum absolute atomic E-state index is 12.0. The van der Waals surface area contributed by atoms with Gasteiger partial charge in [-0.15, -0.1) is 11.8 Å². The van der Waals surface area contributed by atoms with Crippen LogP contribution in [0.3, 0.4) is 0 Å². The number of carbonyl (C=O) groups is 1. The fraction of sp³-hybridized carbons (Fsp3) is 0.267. The second-order valence-corrected chi connectivity index (χ2v) is 4.92. The van der Waals surface area contributed by atoms with Crippen molar-refractivity contribution in [3.63, 3.8) is 0 Å². The van der Waals surface area contributed by atoms with Crippen molar-refractivity contribution < 1.29 is 9.53 Å². The van der Waals surface area contributed by atoms with Crippen molar-refractivity contribution in [3.05, 3.63) is 41.4 Å². The van der Waals surface area contributed by atoms with Crippen molar-refractivity contribution in [2.24, 2.45) is 0 Å². The van der Waals surface area contributed by atoms with Crippen LogP contribution in [0, 0.1) is 11.8 Å². The Morgan fingerprint density at radius 3 is 2.68 bits per heavy atom. The number of para-hydroxylation sites is 1. The molecule has 19 heavy (non-hydrogen) atoms. The fourth-order valence-electron chi connectivity index (χ4n) is 1.41.